The van der Waals surface area contributed by atoms with Crippen LogP contribution in [0.3, 0.4) is 0 Å². The third-order valence-corrected chi connectivity index (χ3v) is 4.01. The first-order valence-corrected chi connectivity index (χ1v) is 7.39. The van der Waals surface area contributed by atoms with E-state index in [9.17, 15) is 0 Å². The lowest BCUT2D eigenvalue weighted by Crippen LogP contribution is -2.35. The predicted molar refractivity (Wildman–Crippen MR) is 83.9 cm³/mol. The molecule has 20 heavy (non-hydrogen) atoms. The second-order valence-electron chi connectivity index (χ2n) is 5.65. The smallest absolute Gasteiger partial charge is 0.0646 e. The average molecular weight is 292 g/mol. The topological polar surface area (TPSA) is 43.8 Å². The molecule has 0 aliphatic heterocycles. The van der Waals surface area contributed by atoms with Gasteiger partial charge in [0.15, 0.2) is 0 Å². The summed E-state index contributed by atoms with van der Waals surface area (Å²) >= 11 is 5.92. The van der Waals surface area contributed by atoms with E-state index in [1.54, 1.807) is 0 Å². The third kappa shape index (κ3) is 3.41. The Labute approximate surface area is 125 Å². The van der Waals surface area contributed by atoms with Crippen molar-refractivity contribution in [1.82, 2.24) is 9.78 Å². The quantitative estimate of drug-likeness (QED) is 0.907. The Morgan fingerprint density at radius 2 is 1.95 bits per heavy atom. The Morgan fingerprint density at radius 1 is 1.30 bits per heavy atom. The van der Waals surface area contributed by atoms with Crippen LogP contribution in [0.2, 0.25) is 5.02 Å². The van der Waals surface area contributed by atoms with E-state index >= 15 is 0 Å². The highest BCUT2D eigenvalue weighted by molar-refractivity contribution is 6.30. The van der Waals surface area contributed by atoms with Gasteiger partial charge in [-0.05, 0) is 44.0 Å². The van der Waals surface area contributed by atoms with E-state index in [-0.39, 0.29) is 0 Å². The number of aromatic nitrogens is 2. The summed E-state index contributed by atoms with van der Waals surface area (Å²) in [4.78, 5) is 0. The molecular formula is C16H22ClN3. The molecule has 2 unspecified atom stereocenters. The minimum atomic E-state index is -0.445. The molecule has 0 saturated carbocycles. The van der Waals surface area contributed by atoms with Crippen molar-refractivity contribution in [1.29, 1.82) is 0 Å². The minimum Gasteiger partial charge on any atom is -0.321 e. The van der Waals surface area contributed by atoms with Crippen LogP contribution in [-0.4, -0.2) is 9.78 Å². The monoisotopic (exact) mass is 291 g/mol. The lowest BCUT2D eigenvalue weighted by Gasteiger charge is -2.24. The molecule has 2 rings (SSSR count). The highest BCUT2D eigenvalue weighted by Crippen LogP contribution is 2.24. The number of benzene rings is 1. The van der Waals surface area contributed by atoms with Crippen molar-refractivity contribution in [3.05, 3.63) is 52.8 Å². The van der Waals surface area contributed by atoms with Gasteiger partial charge >= 0.3 is 0 Å². The van der Waals surface area contributed by atoms with Crippen LogP contribution < -0.4 is 5.73 Å². The van der Waals surface area contributed by atoms with E-state index in [4.69, 9.17) is 17.3 Å². The minimum absolute atomic E-state index is 0.420. The maximum Gasteiger partial charge on any atom is 0.0646 e. The second-order valence-corrected chi connectivity index (χ2v) is 6.08. The molecule has 0 saturated heterocycles. The second kappa shape index (κ2) is 5.98. The van der Waals surface area contributed by atoms with E-state index in [1.165, 1.54) is 0 Å². The highest BCUT2D eigenvalue weighted by atomic mass is 35.5. The van der Waals surface area contributed by atoms with Crippen LogP contribution in [0.15, 0.2) is 36.5 Å². The van der Waals surface area contributed by atoms with E-state index < -0.39 is 5.54 Å². The normalized spacial score (nSPS) is 15.8. The summed E-state index contributed by atoms with van der Waals surface area (Å²) in [6.45, 7) is 6.35. The van der Waals surface area contributed by atoms with Crippen molar-refractivity contribution in [3.8, 4) is 0 Å². The number of rotatable bonds is 5. The number of hydrogen-bond acceptors (Lipinski definition) is 2. The van der Waals surface area contributed by atoms with Gasteiger partial charge < -0.3 is 5.73 Å². The van der Waals surface area contributed by atoms with E-state index in [0.717, 1.165) is 22.7 Å². The third-order valence-electron chi connectivity index (χ3n) is 3.76. The maximum absolute atomic E-state index is 6.45. The SMILES string of the molecule is CCC(C)n1ccc(CC(C)(N)c2ccc(Cl)cc2)n1. The van der Waals surface area contributed by atoms with Gasteiger partial charge in [-0.1, -0.05) is 30.7 Å². The van der Waals surface area contributed by atoms with Crippen molar-refractivity contribution in [2.75, 3.05) is 0 Å². The lowest BCUT2D eigenvalue weighted by atomic mass is 9.88. The number of nitrogens with zero attached hydrogens (tertiary/aromatic N) is 2. The van der Waals surface area contributed by atoms with Gasteiger partial charge in [0.25, 0.3) is 0 Å². The summed E-state index contributed by atoms with van der Waals surface area (Å²) in [5.74, 6) is 0. The van der Waals surface area contributed by atoms with Gasteiger partial charge in [-0.15, -0.1) is 0 Å². The zero-order valence-corrected chi connectivity index (χ0v) is 13.1. The molecule has 3 nitrogen and oxygen atoms in total. The van der Waals surface area contributed by atoms with Crippen LogP contribution in [0.4, 0.5) is 0 Å². The van der Waals surface area contributed by atoms with Gasteiger partial charge in [-0.3, -0.25) is 4.68 Å². The van der Waals surface area contributed by atoms with Crippen LogP contribution in [0.25, 0.3) is 0 Å². The first kappa shape index (κ1) is 15.1. The van der Waals surface area contributed by atoms with Gasteiger partial charge in [0.2, 0.25) is 0 Å². The van der Waals surface area contributed by atoms with Crippen molar-refractivity contribution in [2.24, 2.45) is 5.73 Å². The Kier molecular flexibility index (Phi) is 4.51. The summed E-state index contributed by atoms with van der Waals surface area (Å²) < 4.78 is 2.01. The molecule has 1 aromatic heterocycles. The van der Waals surface area contributed by atoms with Crippen molar-refractivity contribution >= 4 is 11.6 Å². The van der Waals surface area contributed by atoms with E-state index in [2.05, 4.69) is 18.9 Å². The van der Waals surface area contributed by atoms with Gasteiger partial charge in [0, 0.05) is 29.2 Å². The first-order chi connectivity index (χ1) is 9.42. The lowest BCUT2D eigenvalue weighted by molar-refractivity contribution is 0.452. The van der Waals surface area contributed by atoms with Crippen LogP contribution >= 0.6 is 11.6 Å². The fourth-order valence-corrected chi connectivity index (χ4v) is 2.34. The molecule has 2 atom stereocenters. The molecule has 2 N–H and O–H groups in total. The summed E-state index contributed by atoms with van der Waals surface area (Å²) in [5.41, 5.74) is 8.09. The van der Waals surface area contributed by atoms with Crippen LogP contribution in [0.1, 0.15) is 44.5 Å². The molecule has 0 fully saturated rings. The molecule has 0 amide bonds. The van der Waals surface area contributed by atoms with Gasteiger partial charge in [0.1, 0.15) is 0 Å². The molecule has 0 spiro atoms. The maximum atomic E-state index is 6.45. The van der Waals surface area contributed by atoms with Gasteiger partial charge in [-0.2, -0.15) is 5.10 Å². The zero-order chi connectivity index (χ0) is 14.8. The van der Waals surface area contributed by atoms with Crippen molar-refractivity contribution in [3.63, 3.8) is 0 Å². The largest absolute Gasteiger partial charge is 0.321 e. The molecule has 1 heterocycles. The Hall–Kier alpha value is -1.32. The molecular weight excluding hydrogens is 270 g/mol. The molecule has 1 aromatic carbocycles. The molecule has 0 aliphatic rings. The Bertz CT molecular complexity index is 557. The summed E-state index contributed by atoms with van der Waals surface area (Å²) in [7, 11) is 0. The molecule has 0 bridgehead atoms. The number of hydrogen-bond donors (Lipinski definition) is 1. The highest BCUT2D eigenvalue weighted by Gasteiger charge is 2.23. The Balaban J connectivity index is 2.15. The van der Waals surface area contributed by atoms with Crippen molar-refractivity contribution in [2.45, 2.75) is 45.2 Å². The first-order valence-electron chi connectivity index (χ1n) is 7.01. The molecule has 4 heteroatoms. The number of halogens is 1. The fraction of sp³-hybridized carbons (Fsp3) is 0.438. The molecule has 0 radical (unpaired) electrons. The molecule has 0 aliphatic carbocycles. The fourth-order valence-electron chi connectivity index (χ4n) is 2.21. The van der Waals surface area contributed by atoms with Gasteiger partial charge in [0.05, 0.1) is 5.69 Å². The van der Waals surface area contributed by atoms with Gasteiger partial charge in [-0.25, -0.2) is 0 Å². The van der Waals surface area contributed by atoms with Crippen molar-refractivity contribution < 1.29 is 0 Å². The Morgan fingerprint density at radius 3 is 2.55 bits per heavy atom. The number of nitrogens with two attached hydrogens (primary N) is 1. The van der Waals surface area contributed by atoms with E-state index in [1.807, 2.05) is 48.1 Å². The summed E-state index contributed by atoms with van der Waals surface area (Å²) in [6, 6.07) is 10.2. The van der Waals surface area contributed by atoms with E-state index in [0.29, 0.717) is 12.5 Å². The molecule has 2 aromatic rings. The predicted octanol–water partition coefficient (Wildman–Crippen LogP) is 3.92. The average Bonchev–Trinajstić information content (AvgIpc) is 2.86. The molecule has 108 valence electrons. The van der Waals surface area contributed by atoms with Crippen LogP contribution in [0, 0.1) is 0 Å². The summed E-state index contributed by atoms with van der Waals surface area (Å²) in [5, 5.41) is 5.35. The van der Waals surface area contributed by atoms with Crippen LogP contribution in [0.5, 0.6) is 0 Å². The zero-order valence-electron chi connectivity index (χ0n) is 12.3. The standard InChI is InChI=1S/C16H22ClN3/c1-4-12(2)20-10-9-15(19-20)11-16(3,18)13-5-7-14(17)8-6-13/h5-10,12H,4,11,18H2,1-3H3. The van der Waals surface area contributed by atoms with Crippen LogP contribution in [-0.2, 0) is 12.0 Å². The summed E-state index contributed by atoms with van der Waals surface area (Å²) in [6.07, 6.45) is 3.80.